The SMILES string of the molecule is CCCOC(=O)C1CCC(C)C1C(=O)OCCC. The maximum atomic E-state index is 12.0. The van der Waals surface area contributed by atoms with Crippen LogP contribution < -0.4 is 0 Å². The Hall–Kier alpha value is -1.06. The molecule has 3 atom stereocenters. The monoisotopic (exact) mass is 256 g/mol. The van der Waals surface area contributed by atoms with E-state index in [0.717, 1.165) is 25.7 Å². The molecule has 3 unspecified atom stereocenters. The third kappa shape index (κ3) is 3.72. The van der Waals surface area contributed by atoms with E-state index in [1.165, 1.54) is 0 Å². The van der Waals surface area contributed by atoms with Gasteiger partial charge < -0.3 is 9.47 Å². The quantitative estimate of drug-likeness (QED) is 0.685. The minimum absolute atomic E-state index is 0.202. The molecule has 0 spiro atoms. The second kappa shape index (κ2) is 7.39. The first-order chi connectivity index (χ1) is 8.61. The van der Waals surface area contributed by atoms with Crippen molar-refractivity contribution in [2.24, 2.45) is 17.8 Å². The molecule has 1 saturated carbocycles. The number of esters is 2. The van der Waals surface area contributed by atoms with E-state index >= 15 is 0 Å². The Morgan fingerprint density at radius 1 is 1.00 bits per heavy atom. The number of ether oxygens (including phenoxy) is 2. The van der Waals surface area contributed by atoms with Gasteiger partial charge in [-0.1, -0.05) is 20.8 Å². The summed E-state index contributed by atoms with van der Waals surface area (Å²) in [5.74, 6) is -0.898. The molecule has 0 aliphatic heterocycles. The van der Waals surface area contributed by atoms with Crippen LogP contribution >= 0.6 is 0 Å². The van der Waals surface area contributed by atoms with Gasteiger partial charge in [0, 0.05) is 0 Å². The molecule has 1 fully saturated rings. The highest BCUT2D eigenvalue weighted by Gasteiger charge is 2.44. The van der Waals surface area contributed by atoms with Crippen molar-refractivity contribution in [2.45, 2.75) is 46.5 Å². The van der Waals surface area contributed by atoms with Crippen LogP contribution in [0.3, 0.4) is 0 Å². The van der Waals surface area contributed by atoms with Crippen LogP contribution in [0.1, 0.15) is 46.5 Å². The van der Waals surface area contributed by atoms with Crippen LogP contribution in [0.25, 0.3) is 0 Å². The van der Waals surface area contributed by atoms with Crippen LogP contribution in [-0.2, 0) is 19.1 Å². The van der Waals surface area contributed by atoms with E-state index < -0.39 is 0 Å². The molecule has 18 heavy (non-hydrogen) atoms. The molecule has 0 saturated heterocycles. The van der Waals surface area contributed by atoms with Crippen molar-refractivity contribution in [3.63, 3.8) is 0 Å². The summed E-state index contributed by atoms with van der Waals surface area (Å²) in [6, 6.07) is 0. The zero-order valence-corrected chi connectivity index (χ0v) is 11.6. The maximum Gasteiger partial charge on any atom is 0.310 e. The molecule has 0 aromatic heterocycles. The minimum Gasteiger partial charge on any atom is -0.465 e. The molecule has 0 amide bonds. The molecule has 1 rings (SSSR count). The van der Waals surface area contributed by atoms with Crippen molar-refractivity contribution in [2.75, 3.05) is 13.2 Å². The fourth-order valence-electron chi connectivity index (χ4n) is 2.47. The van der Waals surface area contributed by atoms with Crippen LogP contribution in [0.5, 0.6) is 0 Å². The van der Waals surface area contributed by atoms with Crippen LogP contribution in [0.2, 0.25) is 0 Å². The van der Waals surface area contributed by atoms with Crippen molar-refractivity contribution >= 4 is 11.9 Å². The summed E-state index contributed by atoms with van der Waals surface area (Å²) in [7, 11) is 0. The second-order valence-corrected chi connectivity index (χ2v) is 5.02. The van der Waals surface area contributed by atoms with Crippen molar-refractivity contribution in [1.29, 1.82) is 0 Å². The molecule has 104 valence electrons. The highest BCUT2D eigenvalue weighted by Crippen LogP contribution is 2.38. The topological polar surface area (TPSA) is 52.6 Å². The van der Waals surface area contributed by atoms with Crippen LogP contribution in [0.15, 0.2) is 0 Å². The predicted molar refractivity (Wildman–Crippen MR) is 67.9 cm³/mol. The van der Waals surface area contributed by atoms with Crippen molar-refractivity contribution < 1.29 is 19.1 Å². The predicted octanol–water partition coefficient (Wildman–Crippen LogP) is 2.56. The average Bonchev–Trinajstić information content (AvgIpc) is 2.75. The molecule has 0 aromatic rings. The maximum absolute atomic E-state index is 12.0. The molecule has 0 aromatic carbocycles. The van der Waals surface area contributed by atoms with Gasteiger partial charge in [0.15, 0.2) is 0 Å². The van der Waals surface area contributed by atoms with Crippen molar-refractivity contribution in [1.82, 2.24) is 0 Å². The Morgan fingerprint density at radius 2 is 1.56 bits per heavy atom. The third-order valence-electron chi connectivity index (χ3n) is 3.45. The number of hydrogen-bond acceptors (Lipinski definition) is 4. The average molecular weight is 256 g/mol. The zero-order valence-electron chi connectivity index (χ0n) is 11.6. The lowest BCUT2D eigenvalue weighted by atomic mass is 9.90. The summed E-state index contributed by atoms with van der Waals surface area (Å²) in [5.41, 5.74) is 0. The number of rotatable bonds is 6. The lowest BCUT2D eigenvalue weighted by Gasteiger charge is -2.20. The largest absolute Gasteiger partial charge is 0.465 e. The van der Waals surface area contributed by atoms with Gasteiger partial charge in [-0.05, 0) is 31.6 Å². The van der Waals surface area contributed by atoms with Gasteiger partial charge >= 0.3 is 11.9 Å². The van der Waals surface area contributed by atoms with E-state index in [1.807, 2.05) is 20.8 Å². The summed E-state index contributed by atoms with van der Waals surface area (Å²) in [6.07, 6.45) is 3.23. The smallest absolute Gasteiger partial charge is 0.310 e. The summed E-state index contributed by atoms with van der Waals surface area (Å²) < 4.78 is 10.3. The standard InChI is InChI=1S/C14H24O4/c1-4-8-17-13(15)11-7-6-10(3)12(11)14(16)18-9-5-2/h10-12H,4-9H2,1-3H3. The lowest BCUT2D eigenvalue weighted by molar-refractivity contribution is -0.160. The van der Waals surface area contributed by atoms with Crippen LogP contribution in [-0.4, -0.2) is 25.2 Å². The van der Waals surface area contributed by atoms with E-state index in [-0.39, 0.29) is 29.7 Å². The van der Waals surface area contributed by atoms with E-state index in [2.05, 4.69) is 0 Å². The molecule has 1 aliphatic rings. The Labute approximate surface area is 109 Å². The van der Waals surface area contributed by atoms with Crippen LogP contribution in [0.4, 0.5) is 0 Å². The molecule has 0 bridgehead atoms. The fraction of sp³-hybridized carbons (Fsp3) is 0.857. The lowest BCUT2D eigenvalue weighted by Crippen LogP contribution is -2.31. The van der Waals surface area contributed by atoms with Gasteiger partial charge in [-0.2, -0.15) is 0 Å². The van der Waals surface area contributed by atoms with E-state index in [9.17, 15) is 9.59 Å². The van der Waals surface area contributed by atoms with Gasteiger partial charge in [0.05, 0.1) is 25.0 Å². The highest BCUT2D eigenvalue weighted by atomic mass is 16.5. The van der Waals surface area contributed by atoms with Gasteiger partial charge in [0.25, 0.3) is 0 Å². The molecule has 0 radical (unpaired) electrons. The molecule has 4 nitrogen and oxygen atoms in total. The molecule has 0 heterocycles. The Morgan fingerprint density at radius 3 is 2.11 bits per heavy atom. The summed E-state index contributed by atoms with van der Waals surface area (Å²) in [4.78, 5) is 23.9. The summed E-state index contributed by atoms with van der Waals surface area (Å²) in [5, 5.41) is 0. The first-order valence-corrected chi connectivity index (χ1v) is 6.95. The normalized spacial score (nSPS) is 26.9. The first kappa shape index (κ1) is 15.0. The molecule has 1 aliphatic carbocycles. The molecular formula is C14H24O4. The Bertz CT molecular complexity index is 288. The zero-order chi connectivity index (χ0) is 13.5. The van der Waals surface area contributed by atoms with E-state index in [4.69, 9.17) is 9.47 Å². The summed E-state index contributed by atoms with van der Waals surface area (Å²) in [6.45, 7) is 6.78. The van der Waals surface area contributed by atoms with E-state index in [0.29, 0.717) is 13.2 Å². The number of hydrogen-bond donors (Lipinski definition) is 0. The van der Waals surface area contributed by atoms with Crippen molar-refractivity contribution in [3.8, 4) is 0 Å². The fourth-order valence-corrected chi connectivity index (χ4v) is 2.47. The first-order valence-electron chi connectivity index (χ1n) is 6.95. The van der Waals surface area contributed by atoms with Gasteiger partial charge in [-0.25, -0.2) is 0 Å². The molecule has 0 N–H and O–H groups in total. The van der Waals surface area contributed by atoms with Crippen LogP contribution in [0, 0.1) is 17.8 Å². The van der Waals surface area contributed by atoms with Gasteiger partial charge in [-0.3, -0.25) is 9.59 Å². The Kier molecular flexibility index (Phi) is 6.16. The minimum atomic E-state index is -0.319. The summed E-state index contributed by atoms with van der Waals surface area (Å²) >= 11 is 0. The third-order valence-corrected chi connectivity index (χ3v) is 3.45. The number of carbonyl (C=O) groups is 2. The van der Waals surface area contributed by atoms with Gasteiger partial charge in [-0.15, -0.1) is 0 Å². The van der Waals surface area contributed by atoms with Gasteiger partial charge in [0.1, 0.15) is 0 Å². The number of carbonyl (C=O) groups excluding carboxylic acids is 2. The van der Waals surface area contributed by atoms with E-state index in [1.54, 1.807) is 0 Å². The van der Waals surface area contributed by atoms with Crippen molar-refractivity contribution in [3.05, 3.63) is 0 Å². The highest BCUT2D eigenvalue weighted by molar-refractivity contribution is 5.83. The Balaban J connectivity index is 2.60. The van der Waals surface area contributed by atoms with Gasteiger partial charge in [0.2, 0.25) is 0 Å². The molecule has 4 heteroatoms. The molecular weight excluding hydrogens is 232 g/mol. The second-order valence-electron chi connectivity index (χ2n) is 5.02.